The van der Waals surface area contributed by atoms with Gasteiger partial charge in [-0.3, -0.25) is 0 Å². The first-order chi connectivity index (χ1) is 9.92. The fourth-order valence-corrected chi connectivity index (χ4v) is 2.13. The zero-order chi connectivity index (χ0) is 15.6. The minimum absolute atomic E-state index is 0.0127. The lowest BCUT2D eigenvalue weighted by molar-refractivity contribution is 0.0602. The Kier molecular flexibility index (Phi) is 4.69. The number of nitrogens with one attached hydrogen (secondary N) is 1. The molecule has 110 valence electrons. The van der Waals surface area contributed by atoms with E-state index < -0.39 is 11.8 Å². The van der Waals surface area contributed by atoms with E-state index in [-0.39, 0.29) is 16.9 Å². The Morgan fingerprint density at radius 2 is 2.10 bits per heavy atom. The van der Waals surface area contributed by atoms with Crippen molar-refractivity contribution in [3.63, 3.8) is 0 Å². The van der Waals surface area contributed by atoms with Gasteiger partial charge in [-0.2, -0.15) is 0 Å². The van der Waals surface area contributed by atoms with Gasteiger partial charge in [0.25, 0.3) is 0 Å². The molecule has 0 amide bonds. The summed E-state index contributed by atoms with van der Waals surface area (Å²) in [5.41, 5.74) is 6.38. The molecule has 0 aliphatic rings. The molecule has 2 aromatic carbocycles. The van der Waals surface area contributed by atoms with E-state index in [9.17, 15) is 9.18 Å². The maximum Gasteiger partial charge on any atom is 0.340 e. The van der Waals surface area contributed by atoms with Crippen LogP contribution < -0.4 is 11.1 Å². The Labute approximate surface area is 134 Å². The van der Waals surface area contributed by atoms with E-state index in [2.05, 4.69) is 26.0 Å². The number of carbonyl (C=O) groups excluding carboxylic acids is 1. The van der Waals surface area contributed by atoms with Crippen LogP contribution in [-0.2, 0) is 4.74 Å². The van der Waals surface area contributed by atoms with Crippen LogP contribution in [0, 0.1) is 5.82 Å². The molecule has 0 atom stereocenters. The van der Waals surface area contributed by atoms with E-state index >= 15 is 0 Å². The SMILES string of the molecule is COC(=O)c1cc(Nc2ccc(Br)c(Cl)c2)c(F)cc1N. The average Bonchev–Trinajstić information content (AvgIpc) is 2.45. The van der Waals surface area contributed by atoms with Gasteiger partial charge in [-0.25, -0.2) is 9.18 Å². The monoisotopic (exact) mass is 372 g/mol. The second-order valence-corrected chi connectivity index (χ2v) is 5.43. The van der Waals surface area contributed by atoms with Crippen molar-refractivity contribution in [1.29, 1.82) is 0 Å². The number of anilines is 3. The number of nitrogens with two attached hydrogens (primary N) is 1. The third kappa shape index (κ3) is 3.46. The van der Waals surface area contributed by atoms with Crippen molar-refractivity contribution >= 4 is 50.6 Å². The summed E-state index contributed by atoms with van der Waals surface area (Å²) in [6.07, 6.45) is 0. The lowest BCUT2D eigenvalue weighted by Crippen LogP contribution is -2.07. The first-order valence-electron chi connectivity index (χ1n) is 5.81. The molecule has 2 aromatic rings. The molecule has 0 bridgehead atoms. The van der Waals surface area contributed by atoms with Gasteiger partial charge in [-0.05, 0) is 46.3 Å². The van der Waals surface area contributed by atoms with Crippen LogP contribution in [0.4, 0.5) is 21.5 Å². The predicted molar refractivity (Wildman–Crippen MR) is 84.6 cm³/mol. The molecule has 0 spiro atoms. The van der Waals surface area contributed by atoms with Crippen LogP contribution in [0.25, 0.3) is 0 Å². The molecule has 0 saturated heterocycles. The van der Waals surface area contributed by atoms with Gasteiger partial charge >= 0.3 is 5.97 Å². The molecule has 0 unspecified atom stereocenters. The lowest BCUT2D eigenvalue weighted by Gasteiger charge is -2.11. The molecule has 0 aromatic heterocycles. The zero-order valence-electron chi connectivity index (χ0n) is 10.9. The van der Waals surface area contributed by atoms with E-state index in [4.69, 9.17) is 17.3 Å². The topological polar surface area (TPSA) is 64.3 Å². The van der Waals surface area contributed by atoms with Gasteiger partial charge in [0.05, 0.1) is 23.4 Å². The Hall–Kier alpha value is -1.79. The minimum Gasteiger partial charge on any atom is -0.465 e. The van der Waals surface area contributed by atoms with Crippen LogP contribution in [0.15, 0.2) is 34.8 Å². The number of benzene rings is 2. The van der Waals surface area contributed by atoms with Crippen molar-refractivity contribution in [3.8, 4) is 0 Å². The van der Waals surface area contributed by atoms with E-state index in [0.717, 1.165) is 10.5 Å². The Balaban J connectivity index is 2.39. The van der Waals surface area contributed by atoms with Crippen LogP contribution >= 0.6 is 27.5 Å². The first kappa shape index (κ1) is 15.6. The summed E-state index contributed by atoms with van der Waals surface area (Å²) in [4.78, 5) is 11.6. The van der Waals surface area contributed by atoms with Gasteiger partial charge < -0.3 is 15.8 Å². The lowest BCUT2D eigenvalue weighted by atomic mass is 10.1. The summed E-state index contributed by atoms with van der Waals surface area (Å²) < 4.78 is 19.3. The maximum atomic E-state index is 13.9. The Morgan fingerprint density at radius 1 is 1.38 bits per heavy atom. The molecule has 0 fully saturated rings. The minimum atomic E-state index is -0.635. The molecule has 3 N–H and O–H groups in total. The molecule has 0 radical (unpaired) electrons. The van der Waals surface area contributed by atoms with Gasteiger partial charge in [0.2, 0.25) is 0 Å². The highest BCUT2D eigenvalue weighted by molar-refractivity contribution is 9.10. The molecular formula is C14H11BrClFN2O2. The predicted octanol–water partition coefficient (Wildman–Crippen LogP) is 4.35. The molecule has 21 heavy (non-hydrogen) atoms. The standard InChI is InChI=1S/C14H11BrClFN2O2/c1-21-14(20)8-5-13(11(17)6-12(8)18)19-7-2-3-9(15)10(16)4-7/h2-6,19H,18H2,1H3. The van der Waals surface area contributed by atoms with Gasteiger partial charge in [-0.1, -0.05) is 11.6 Å². The van der Waals surface area contributed by atoms with Crippen molar-refractivity contribution in [2.24, 2.45) is 0 Å². The highest BCUT2D eigenvalue weighted by Gasteiger charge is 2.15. The van der Waals surface area contributed by atoms with E-state index in [0.29, 0.717) is 10.7 Å². The van der Waals surface area contributed by atoms with Gasteiger partial charge in [0.1, 0.15) is 5.82 Å². The van der Waals surface area contributed by atoms with Crippen LogP contribution in [0.1, 0.15) is 10.4 Å². The van der Waals surface area contributed by atoms with Crippen LogP contribution in [0.2, 0.25) is 5.02 Å². The second kappa shape index (κ2) is 6.32. The number of rotatable bonds is 3. The maximum absolute atomic E-state index is 13.9. The number of esters is 1. The third-order valence-electron chi connectivity index (χ3n) is 2.74. The Morgan fingerprint density at radius 3 is 2.71 bits per heavy atom. The van der Waals surface area contributed by atoms with Crippen LogP contribution in [0.3, 0.4) is 0 Å². The third-order valence-corrected chi connectivity index (χ3v) is 3.98. The second-order valence-electron chi connectivity index (χ2n) is 4.16. The summed E-state index contributed by atoms with van der Waals surface area (Å²) >= 11 is 9.24. The van der Waals surface area contributed by atoms with Gasteiger partial charge in [0.15, 0.2) is 0 Å². The number of nitrogen functional groups attached to an aromatic ring is 1. The van der Waals surface area contributed by atoms with E-state index in [1.165, 1.54) is 13.2 Å². The molecular weight excluding hydrogens is 363 g/mol. The smallest absolute Gasteiger partial charge is 0.340 e. The largest absolute Gasteiger partial charge is 0.465 e. The summed E-state index contributed by atoms with van der Waals surface area (Å²) in [6, 6.07) is 7.42. The molecule has 2 rings (SSSR count). The fourth-order valence-electron chi connectivity index (χ4n) is 1.70. The van der Waals surface area contributed by atoms with Gasteiger partial charge in [0, 0.05) is 15.8 Å². The molecule has 4 nitrogen and oxygen atoms in total. The molecule has 0 heterocycles. The summed E-state index contributed by atoms with van der Waals surface area (Å²) in [5, 5.41) is 3.32. The first-order valence-corrected chi connectivity index (χ1v) is 6.99. The van der Waals surface area contributed by atoms with Crippen molar-refractivity contribution in [2.75, 3.05) is 18.2 Å². The quantitative estimate of drug-likeness (QED) is 0.620. The number of methoxy groups -OCH3 is 1. The highest BCUT2D eigenvalue weighted by Crippen LogP contribution is 2.30. The fraction of sp³-hybridized carbons (Fsp3) is 0.0714. The van der Waals surface area contributed by atoms with Crippen molar-refractivity contribution < 1.29 is 13.9 Å². The van der Waals surface area contributed by atoms with Crippen LogP contribution in [0.5, 0.6) is 0 Å². The molecule has 0 saturated carbocycles. The van der Waals surface area contributed by atoms with Crippen molar-refractivity contribution in [2.45, 2.75) is 0 Å². The summed E-state index contributed by atoms with van der Waals surface area (Å²) in [7, 11) is 1.23. The number of halogens is 3. The van der Waals surface area contributed by atoms with Gasteiger partial charge in [-0.15, -0.1) is 0 Å². The molecule has 0 aliphatic heterocycles. The number of ether oxygens (including phenoxy) is 1. The normalized spacial score (nSPS) is 10.3. The van der Waals surface area contributed by atoms with E-state index in [1.807, 2.05) is 0 Å². The number of carbonyl (C=O) groups is 1. The zero-order valence-corrected chi connectivity index (χ0v) is 13.3. The number of hydrogen-bond acceptors (Lipinski definition) is 4. The van der Waals surface area contributed by atoms with Crippen LogP contribution in [-0.4, -0.2) is 13.1 Å². The van der Waals surface area contributed by atoms with E-state index in [1.54, 1.807) is 18.2 Å². The summed E-state index contributed by atoms with van der Waals surface area (Å²) in [5.74, 6) is -1.22. The van der Waals surface area contributed by atoms with Crippen molar-refractivity contribution in [1.82, 2.24) is 0 Å². The highest BCUT2D eigenvalue weighted by atomic mass is 79.9. The average molecular weight is 374 g/mol. The number of hydrogen-bond donors (Lipinski definition) is 2. The summed E-state index contributed by atoms with van der Waals surface area (Å²) in [6.45, 7) is 0. The molecule has 7 heteroatoms. The molecule has 0 aliphatic carbocycles. The van der Waals surface area contributed by atoms with Crippen molar-refractivity contribution in [3.05, 3.63) is 51.2 Å². The Bertz CT molecular complexity index is 710.